The molecule has 24 heavy (non-hydrogen) atoms. The maximum absolute atomic E-state index is 12.4. The van der Waals surface area contributed by atoms with Crippen LogP contribution in [-0.4, -0.2) is 35.5 Å². The molecule has 3 heterocycles. The number of thiophene rings is 1. The largest absolute Gasteiger partial charge is 0.338 e. The van der Waals surface area contributed by atoms with Crippen molar-refractivity contribution in [1.29, 1.82) is 0 Å². The molecule has 4 rings (SSSR count). The summed E-state index contributed by atoms with van der Waals surface area (Å²) in [6.45, 7) is 1.27. The lowest BCUT2D eigenvalue weighted by atomic mass is 10.0. The molecule has 0 bridgehead atoms. The second kappa shape index (κ2) is 6.20. The quantitative estimate of drug-likeness (QED) is 0.892. The number of aliphatic imine (C=N–C) groups is 1. The Morgan fingerprint density at radius 2 is 2.00 bits per heavy atom. The minimum Gasteiger partial charge on any atom is -0.338 e. The first kappa shape index (κ1) is 15.6. The van der Waals surface area contributed by atoms with Crippen molar-refractivity contribution in [2.45, 2.75) is 18.6 Å². The molecule has 5 nitrogen and oxygen atoms in total. The standard InChI is InChI=1S/C17H16ClN3O2S/c18-14-3-1-12(2-4-14)15-19-17(23-20-15)6-8-21(9-7-17)16(22)13-5-10-24-11-13/h1-5,10-11H,6-9H2,(H,19,20). The summed E-state index contributed by atoms with van der Waals surface area (Å²) in [4.78, 5) is 24.8. The van der Waals surface area contributed by atoms with E-state index in [1.54, 1.807) is 0 Å². The Morgan fingerprint density at radius 3 is 2.67 bits per heavy atom. The van der Waals surface area contributed by atoms with Gasteiger partial charge in [0.15, 0.2) is 11.6 Å². The van der Waals surface area contributed by atoms with E-state index < -0.39 is 5.72 Å². The highest BCUT2D eigenvalue weighted by molar-refractivity contribution is 7.08. The molecule has 0 unspecified atom stereocenters. The zero-order valence-corrected chi connectivity index (χ0v) is 14.4. The number of rotatable bonds is 2. The molecule has 1 fully saturated rings. The van der Waals surface area contributed by atoms with Gasteiger partial charge < -0.3 is 4.90 Å². The minimum absolute atomic E-state index is 0.0824. The van der Waals surface area contributed by atoms with Crippen molar-refractivity contribution in [1.82, 2.24) is 10.4 Å². The number of halogens is 1. The van der Waals surface area contributed by atoms with Gasteiger partial charge in [-0.05, 0) is 35.7 Å². The number of hydrogen-bond donors (Lipinski definition) is 1. The number of amides is 1. The Balaban J connectivity index is 1.45. The van der Waals surface area contributed by atoms with Crippen LogP contribution in [0.3, 0.4) is 0 Å². The molecule has 2 aliphatic heterocycles. The predicted molar refractivity (Wildman–Crippen MR) is 94.4 cm³/mol. The number of piperidine rings is 1. The molecule has 0 atom stereocenters. The average molecular weight is 362 g/mol. The van der Waals surface area contributed by atoms with E-state index in [1.807, 2.05) is 46.0 Å². The number of nitrogens with one attached hydrogen (secondary N) is 1. The molecule has 0 radical (unpaired) electrons. The molecule has 1 saturated heterocycles. The monoisotopic (exact) mass is 361 g/mol. The third kappa shape index (κ3) is 2.92. The van der Waals surface area contributed by atoms with Crippen molar-refractivity contribution in [3.05, 3.63) is 57.2 Å². The van der Waals surface area contributed by atoms with E-state index in [0.29, 0.717) is 36.8 Å². The van der Waals surface area contributed by atoms with Gasteiger partial charge in [-0.3, -0.25) is 4.79 Å². The van der Waals surface area contributed by atoms with Crippen LogP contribution in [0.2, 0.25) is 5.02 Å². The summed E-state index contributed by atoms with van der Waals surface area (Å²) in [6.07, 6.45) is 1.35. The molecular formula is C17H16ClN3O2S. The zero-order valence-electron chi connectivity index (χ0n) is 12.9. The Morgan fingerprint density at radius 1 is 1.25 bits per heavy atom. The van der Waals surface area contributed by atoms with Crippen LogP contribution in [0.25, 0.3) is 0 Å². The fourth-order valence-electron chi connectivity index (χ4n) is 2.97. The molecule has 1 N–H and O–H groups in total. The Hall–Kier alpha value is -1.89. The minimum atomic E-state index is -0.583. The number of carbonyl (C=O) groups is 1. The van der Waals surface area contributed by atoms with Gasteiger partial charge in [0.2, 0.25) is 0 Å². The molecule has 124 valence electrons. The van der Waals surface area contributed by atoms with Gasteiger partial charge in [0.05, 0.1) is 5.56 Å². The number of benzene rings is 1. The summed E-state index contributed by atoms with van der Waals surface area (Å²) < 4.78 is 0. The first-order valence-electron chi connectivity index (χ1n) is 7.77. The predicted octanol–water partition coefficient (Wildman–Crippen LogP) is 3.32. The van der Waals surface area contributed by atoms with Crippen molar-refractivity contribution in [3.8, 4) is 0 Å². The van der Waals surface area contributed by atoms with Crippen molar-refractivity contribution in [2.24, 2.45) is 4.99 Å². The number of hydroxylamine groups is 1. The van der Waals surface area contributed by atoms with Crippen LogP contribution in [-0.2, 0) is 4.84 Å². The van der Waals surface area contributed by atoms with Gasteiger partial charge in [-0.2, -0.15) is 11.3 Å². The lowest BCUT2D eigenvalue weighted by molar-refractivity contribution is -0.0849. The van der Waals surface area contributed by atoms with Crippen LogP contribution in [0.5, 0.6) is 0 Å². The highest BCUT2D eigenvalue weighted by atomic mass is 35.5. The maximum atomic E-state index is 12.4. The summed E-state index contributed by atoms with van der Waals surface area (Å²) in [7, 11) is 0. The second-order valence-corrected chi connectivity index (χ2v) is 7.14. The van der Waals surface area contributed by atoms with Gasteiger partial charge in [0.25, 0.3) is 5.91 Å². The van der Waals surface area contributed by atoms with Gasteiger partial charge in [0.1, 0.15) is 0 Å². The molecule has 2 aliphatic rings. The number of hydrogen-bond acceptors (Lipinski definition) is 5. The van der Waals surface area contributed by atoms with Crippen LogP contribution in [0.1, 0.15) is 28.8 Å². The van der Waals surface area contributed by atoms with E-state index in [-0.39, 0.29) is 5.91 Å². The summed E-state index contributed by atoms with van der Waals surface area (Å²) >= 11 is 7.46. The number of amidine groups is 1. The molecule has 1 amide bonds. The third-order valence-corrected chi connectivity index (χ3v) is 5.31. The lowest BCUT2D eigenvalue weighted by Gasteiger charge is -2.35. The molecule has 0 aliphatic carbocycles. The van der Waals surface area contributed by atoms with Crippen molar-refractivity contribution >= 4 is 34.7 Å². The van der Waals surface area contributed by atoms with Crippen LogP contribution >= 0.6 is 22.9 Å². The van der Waals surface area contributed by atoms with Gasteiger partial charge in [-0.15, -0.1) is 0 Å². The fraction of sp³-hybridized carbons (Fsp3) is 0.294. The molecule has 0 saturated carbocycles. The number of carbonyl (C=O) groups excluding carboxylic acids is 1. The first-order chi connectivity index (χ1) is 11.7. The molecular weight excluding hydrogens is 346 g/mol. The fourth-order valence-corrected chi connectivity index (χ4v) is 3.72. The van der Waals surface area contributed by atoms with Crippen LogP contribution in [0.4, 0.5) is 0 Å². The molecule has 1 aromatic heterocycles. The molecule has 1 aromatic carbocycles. The Bertz CT molecular complexity index is 766. The number of likely N-dealkylation sites (tertiary alicyclic amines) is 1. The Labute approximate surface area is 148 Å². The van der Waals surface area contributed by atoms with Crippen LogP contribution in [0.15, 0.2) is 46.1 Å². The van der Waals surface area contributed by atoms with E-state index in [2.05, 4.69) is 5.48 Å². The zero-order chi connectivity index (χ0) is 16.6. The van der Waals surface area contributed by atoms with Crippen molar-refractivity contribution in [2.75, 3.05) is 13.1 Å². The summed E-state index contributed by atoms with van der Waals surface area (Å²) in [6, 6.07) is 9.34. The molecule has 1 spiro atoms. The summed E-state index contributed by atoms with van der Waals surface area (Å²) in [5.74, 6) is 0.795. The van der Waals surface area contributed by atoms with E-state index in [9.17, 15) is 4.79 Å². The van der Waals surface area contributed by atoms with Gasteiger partial charge in [0, 0.05) is 41.9 Å². The van der Waals surface area contributed by atoms with Gasteiger partial charge in [-0.25, -0.2) is 15.3 Å². The smallest absolute Gasteiger partial charge is 0.254 e. The number of nitrogens with zero attached hydrogens (tertiary/aromatic N) is 2. The van der Waals surface area contributed by atoms with E-state index >= 15 is 0 Å². The second-order valence-electron chi connectivity index (χ2n) is 5.92. The van der Waals surface area contributed by atoms with Gasteiger partial charge in [-0.1, -0.05) is 11.6 Å². The van der Waals surface area contributed by atoms with Crippen LogP contribution in [0, 0.1) is 0 Å². The average Bonchev–Trinajstić information content (AvgIpc) is 3.26. The molecule has 2 aromatic rings. The highest BCUT2D eigenvalue weighted by Crippen LogP contribution is 2.31. The summed E-state index contributed by atoms with van der Waals surface area (Å²) in [5.41, 5.74) is 4.04. The highest BCUT2D eigenvalue weighted by Gasteiger charge is 2.41. The van der Waals surface area contributed by atoms with Gasteiger partial charge >= 0.3 is 0 Å². The van der Waals surface area contributed by atoms with E-state index in [0.717, 1.165) is 11.1 Å². The lowest BCUT2D eigenvalue weighted by Crippen LogP contribution is -2.46. The normalized spacial score (nSPS) is 19.2. The van der Waals surface area contributed by atoms with E-state index in [4.69, 9.17) is 21.4 Å². The Kier molecular flexibility index (Phi) is 4.04. The maximum Gasteiger partial charge on any atom is 0.254 e. The van der Waals surface area contributed by atoms with Crippen molar-refractivity contribution in [3.63, 3.8) is 0 Å². The van der Waals surface area contributed by atoms with Crippen molar-refractivity contribution < 1.29 is 9.63 Å². The molecule has 7 heteroatoms. The SMILES string of the molecule is O=C(c1ccsc1)N1CCC2(CC1)N=C(c1ccc(Cl)cc1)NO2. The summed E-state index contributed by atoms with van der Waals surface area (Å²) in [5, 5.41) is 4.50. The third-order valence-electron chi connectivity index (χ3n) is 4.37. The van der Waals surface area contributed by atoms with E-state index in [1.165, 1.54) is 11.3 Å². The van der Waals surface area contributed by atoms with Crippen LogP contribution < -0.4 is 5.48 Å². The first-order valence-corrected chi connectivity index (χ1v) is 9.09. The topological polar surface area (TPSA) is 53.9 Å².